The van der Waals surface area contributed by atoms with Crippen molar-refractivity contribution < 1.29 is 28.9 Å². The van der Waals surface area contributed by atoms with Gasteiger partial charge >= 0.3 is 12.0 Å². The van der Waals surface area contributed by atoms with Crippen LogP contribution in [0.2, 0.25) is 0 Å². The van der Waals surface area contributed by atoms with Gasteiger partial charge < -0.3 is 34.9 Å². The molecular weight excluding hydrogens is 691 g/mol. The van der Waals surface area contributed by atoms with Crippen molar-refractivity contribution in [2.24, 2.45) is 0 Å². The van der Waals surface area contributed by atoms with Gasteiger partial charge in [0.15, 0.2) is 6.29 Å². The van der Waals surface area contributed by atoms with Crippen molar-refractivity contribution in [2.75, 3.05) is 32.8 Å². The minimum atomic E-state index is -0.543. The Labute approximate surface area is 330 Å². The number of hydrogen-bond donors (Lipinski definition) is 3. The van der Waals surface area contributed by atoms with E-state index in [1.54, 1.807) is 6.92 Å². The molecule has 3 aromatic carbocycles. The van der Waals surface area contributed by atoms with E-state index < -0.39 is 18.3 Å². The second kappa shape index (κ2) is 25.4. The Bertz CT molecular complexity index is 1520. The maximum Gasteiger partial charge on any atom is 0.325 e. The normalized spacial score (nSPS) is 16.9. The first kappa shape index (κ1) is 44.0. The van der Waals surface area contributed by atoms with E-state index in [1.165, 1.54) is 77.0 Å². The molecule has 55 heavy (non-hydrogen) atoms. The minimum absolute atomic E-state index is 0.00511. The molecule has 0 saturated carbocycles. The number of ether oxygens (including phenoxy) is 3. The molecular formula is C46H67N3O6. The van der Waals surface area contributed by atoms with Crippen LogP contribution in [0, 0.1) is 0 Å². The van der Waals surface area contributed by atoms with E-state index >= 15 is 0 Å². The molecule has 3 N–H and O–H groups in total. The van der Waals surface area contributed by atoms with Gasteiger partial charge in [0, 0.05) is 25.1 Å². The first-order chi connectivity index (χ1) is 26.9. The number of nitrogens with zero attached hydrogens (tertiary/aromatic N) is 1. The third-order valence-corrected chi connectivity index (χ3v) is 10.3. The molecule has 302 valence electrons. The fourth-order valence-corrected chi connectivity index (χ4v) is 7.18. The van der Waals surface area contributed by atoms with Gasteiger partial charge in [0.1, 0.15) is 6.54 Å². The molecule has 2 amide bonds. The van der Waals surface area contributed by atoms with Gasteiger partial charge in [-0.3, -0.25) is 4.79 Å². The molecule has 9 nitrogen and oxygen atoms in total. The molecule has 9 heteroatoms. The van der Waals surface area contributed by atoms with E-state index in [4.69, 9.17) is 14.2 Å². The third kappa shape index (κ3) is 16.1. The van der Waals surface area contributed by atoms with Crippen LogP contribution >= 0.6 is 0 Å². The average molecular weight is 758 g/mol. The van der Waals surface area contributed by atoms with E-state index in [2.05, 4.69) is 71.8 Å². The molecule has 3 aromatic rings. The highest BCUT2D eigenvalue weighted by atomic mass is 16.7. The summed E-state index contributed by atoms with van der Waals surface area (Å²) in [7, 11) is 0. The highest BCUT2D eigenvalue weighted by molar-refractivity contribution is 5.80. The molecule has 1 saturated heterocycles. The Balaban J connectivity index is 1.48. The summed E-state index contributed by atoms with van der Waals surface area (Å²) in [5, 5.41) is 15.0. The Morgan fingerprint density at radius 1 is 0.727 bits per heavy atom. The molecule has 0 radical (unpaired) electrons. The van der Waals surface area contributed by atoms with Gasteiger partial charge in [-0.15, -0.1) is 0 Å². The van der Waals surface area contributed by atoms with Gasteiger partial charge in [0.2, 0.25) is 0 Å². The SMILES string of the molecule is CCCCCCCCN(CCCCCCCC)C[C@@H]1C[C@H](c2ccc(CO)cc2)O[C@H](c2cccc(-c3cccc(CNC(=O)NCC(=O)OCC)c3)c2)O1. The smallest absolute Gasteiger partial charge is 0.325 e. The van der Waals surface area contributed by atoms with Crippen molar-refractivity contribution >= 4 is 12.0 Å². The number of rotatable bonds is 25. The number of amides is 2. The van der Waals surface area contributed by atoms with E-state index in [0.717, 1.165) is 59.4 Å². The molecule has 1 fully saturated rings. The second-order valence-corrected chi connectivity index (χ2v) is 14.9. The number of aliphatic hydroxyl groups is 1. The predicted octanol–water partition coefficient (Wildman–Crippen LogP) is 9.78. The molecule has 4 rings (SSSR count). The first-order valence-electron chi connectivity index (χ1n) is 21.0. The lowest BCUT2D eigenvalue weighted by Crippen LogP contribution is -2.40. The molecule has 0 bridgehead atoms. The Morgan fingerprint density at radius 3 is 2.02 bits per heavy atom. The number of urea groups is 1. The zero-order valence-electron chi connectivity index (χ0n) is 33.7. The molecule has 1 aliphatic heterocycles. The number of carbonyl (C=O) groups is 2. The van der Waals surface area contributed by atoms with Crippen molar-refractivity contribution in [2.45, 2.75) is 136 Å². The molecule has 0 aliphatic carbocycles. The fourth-order valence-electron chi connectivity index (χ4n) is 7.18. The first-order valence-corrected chi connectivity index (χ1v) is 21.0. The van der Waals surface area contributed by atoms with Crippen molar-refractivity contribution in [1.82, 2.24) is 15.5 Å². The number of nitrogens with one attached hydrogen (secondary N) is 2. The number of benzene rings is 3. The summed E-state index contributed by atoms with van der Waals surface area (Å²) >= 11 is 0. The summed E-state index contributed by atoms with van der Waals surface area (Å²) in [5.74, 6) is -0.471. The second-order valence-electron chi connectivity index (χ2n) is 14.9. The van der Waals surface area contributed by atoms with Crippen LogP contribution in [0.25, 0.3) is 11.1 Å². The van der Waals surface area contributed by atoms with E-state index in [0.29, 0.717) is 6.54 Å². The van der Waals surface area contributed by atoms with Gasteiger partial charge in [-0.1, -0.05) is 139 Å². The summed E-state index contributed by atoms with van der Waals surface area (Å²) in [4.78, 5) is 26.5. The van der Waals surface area contributed by atoms with Crippen LogP contribution in [-0.2, 0) is 32.2 Å². The maximum atomic E-state index is 12.3. The average Bonchev–Trinajstić information content (AvgIpc) is 3.22. The van der Waals surface area contributed by atoms with Crippen LogP contribution in [-0.4, -0.2) is 60.9 Å². The summed E-state index contributed by atoms with van der Waals surface area (Å²) in [6, 6.07) is 24.1. The van der Waals surface area contributed by atoms with Crippen molar-refractivity contribution in [3.05, 3.63) is 95.1 Å². The molecule has 0 unspecified atom stereocenters. The topological polar surface area (TPSA) is 109 Å². The molecule has 1 heterocycles. The maximum absolute atomic E-state index is 12.3. The summed E-state index contributed by atoms with van der Waals surface area (Å²) in [6.07, 6.45) is 15.5. The Hall–Kier alpha value is -3.76. The molecule has 0 aromatic heterocycles. The van der Waals surface area contributed by atoms with E-state index in [-0.39, 0.29) is 32.0 Å². The van der Waals surface area contributed by atoms with Crippen LogP contribution < -0.4 is 10.6 Å². The van der Waals surface area contributed by atoms with Crippen molar-refractivity contribution in [3.63, 3.8) is 0 Å². The zero-order chi connectivity index (χ0) is 39.1. The largest absolute Gasteiger partial charge is 0.465 e. The van der Waals surface area contributed by atoms with Gasteiger partial charge in [-0.2, -0.15) is 0 Å². The lowest BCUT2D eigenvalue weighted by molar-refractivity contribution is -0.253. The van der Waals surface area contributed by atoms with Crippen LogP contribution in [0.5, 0.6) is 0 Å². The monoisotopic (exact) mass is 758 g/mol. The predicted molar refractivity (Wildman–Crippen MR) is 220 cm³/mol. The summed E-state index contributed by atoms with van der Waals surface area (Å²) in [6.45, 7) is 9.74. The number of unbranched alkanes of at least 4 members (excludes halogenated alkanes) is 10. The highest BCUT2D eigenvalue weighted by Crippen LogP contribution is 2.39. The number of carbonyl (C=O) groups excluding carboxylic acids is 2. The Kier molecular flexibility index (Phi) is 20.3. The summed E-state index contributed by atoms with van der Waals surface area (Å²) in [5.41, 5.74) is 5.91. The van der Waals surface area contributed by atoms with Crippen LogP contribution in [0.3, 0.4) is 0 Å². The highest BCUT2D eigenvalue weighted by Gasteiger charge is 2.33. The Morgan fingerprint density at radius 2 is 1.36 bits per heavy atom. The molecule has 0 spiro atoms. The zero-order valence-corrected chi connectivity index (χ0v) is 33.7. The lowest BCUT2D eigenvalue weighted by atomic mass is 9.98. The standard InChI is InChI=1S/C46H67N3O6/c1-4-7-9-11-13-15-27-49(28-16-14-12-10-8-5-2)34-42-31-43(38-25-23-36(35-50)24-26-38)55-45(54-42)41-22-18-21-40(30-41)39-20-17-19-37(29-39)32-47-46(52)48-33-44(51)53-6-3/h17-26,29-30,42-43,45,50H,4-16,27-28,31-35H2,1-3H3,(H2,47,48,52)/t42-,43+,45+/m0/s1. The minimum Gasteiger partial charge on any atom is -0.465 e. The van der Waals surface area contributed by atoms with Crippen LogP contribution in [0.1, 0.15) is 139 Å². The van der Waals surface area contributed by atoms with Gasteiger partial charge in [-0.05, 0) is 72.8 Å². The van der Waals surface area contributed by atoms with Crippen LogP contribution in [0.15, 0.2) is 72.8 Å². The van der Waals surface area contributed by atoms with E-state index in [9.17, 15) is 14.7 Å². The number of aliphatic hydroxyl groups excluding tert-OH is 1. The lowest BCUT2D eigenvalue weighted by Gasteiger charge is -2.38. The summed E-state index contributed by atoms with van der Waals surface area (Å²) < 4.78 is 18.5. The van der Waals surface area contributed by atoms with Crippen molar-refractivity contribution in [1.29, 1.82) is 0 Å². The van der Waals surface area contributed by atoms with Crippen molar-refractivity contribution in [3.8, 4) is 11.1 Å². The quantitative estimate of drug-likeness (QED) is 0.0583. The molecule has 3 atom stereocenters. The number of hydrogen-bond acceptors (Lipinski definition) is 7. The number of esters is 1. The van der Waals surface area contributed by atoms with Gasteiger partial charge in [-0.25, -0.2) is 4.79 Å². The van der Waals surface area contributed by atoms with E-state index in [1.807, 2.05) is 30.3 Å². The molecule has 1 aliphatic rings. The fraction of sp³-hybridized carbons (Fsp3) is 0.565. The third-order valence-electron chi connectivity index (χ3n) is 10.3. The van der Waals surface area contributed by atoms with Crippen LogP contribution in [0.4, 0.5) is 4.79 Å². The van der Waals surface area contributed by atoms with Gasteiger partial charge in [0.25, 0.3) is 0 Å². The van der Waals surface area contributed by atoms with Gasteiger partial charge in [0.05, 0.1) is 25.4 Å².